The van der Waals surface area contributed by atoms with E-state index < -0.39 is 5.60 Å². The number of nitrogens with zero attached hydrogens (tertiary/aromatic N) is 2. The lowest BCUT2D eigenvalue weighted by atomic mass is 10.0. The number of hydrogen-bond acceptors (Lipinski definition) is 5. The van der Waals surface area contributed by atoms with Crippen molar-refractivity contribution >= 4 is 0 Å². The van der Waals surface area contributed by atoms with Crippen molar-refractivity contribution in [3.63, 3.8) is 0 Å². The minimum absolute atomic E-state index is 0.464. The molecular formula is C11H21N3O2. The normalized spacial score (nSPS) is 15.0. The topological polar surface area (TPSA) is 60.2 Å². The second kappa shape index (κ2) is 5.96. The summed E-state index contributed by atoms with van der Waals surface area (Å²) in [6.45, 7) is 4.94. The summed E-state index contributed by atoms with van der Waals surface area (Å²) >= 11 is 0. The van der Waals surface area contributed by atoms with Crippen molar-refractivity contribution in [2.75, 3.05) is 20.7 Å². The van der Waals surface area contributed by atoms with Crippen LogP contribution in [0, 0.1) is 0 Å². The van der Waals surface area contributed by atoms with E-state index in [-0.39, 0.29) is 0 Å². The van der Waals surface area contributed by atoms with Crippen LogP contribution in [0.3, 0.4) is 0 Å². The van der Waals surface area contributed by atoms with Crippen molar-refractivity contribution < 1.29 is 9.15 Å². The molecule has 1 heterocycles. The van der Waals surface area contributed by atoms with E-state index in [1.54, 1.807) is 7.11 Å². The zero-order chi connectivity index (χ0) is 12.0. The first-order valence-electron chi connectivity index (χ1n) is 5.69. The Morgan fingerprint density at radius 1 is 1.44 bits per heavy atom. The molecular weight excluding hydrogens is 206 g/mol. The van der Waals surface area contributed by atoms with Crippen LogP contribution in [0.15, 0.2) is 4.42 Å². The molecule has 0 aliphatic heterocycles. The molecule has 0 aliphatic rings. The predicted octanol–water partition coefficient (Wildman–Crippen LogP) is 1.49. The predicted molar refractivity (Wildman–Crippen MR) is 61.2 cm³/mol. The third kappa shape index (κ3) is 3.02. The van der Waals surface area contributed by atoms with Crippen molar-refractivity contribution in [3.05, 3.63) is 11.8 Å². The molecule has 1 unspecified atom stereocenters. The van der Waals surface area contributed by atoms with Gasteiger partial charge in [0.25, 0.3) is 0 Å². The summed E-state index contributed by atoms with van der Waals surface area (Å²) < 4.78 is 11.0. The number of aromatic nitrogens is 2. The molecule has 0 aromatic carbocycles. The third-order valence-corrected chi connectivity index (χ3v) is 2.86. The standard InChI is InChI=1S/C11H21N3O2/c1-5-11(2,15-4)10-14-13-9(16-10)7-6-8-12-3/h12H,5-8H2,1-4H3. The van der Waals surface area contributed by atoms with Gasteiger partial charge in [-0.2, -0.15) is 0 Å². The minimum atomic E-state index is -0.464. The van der Waals surface area contributed by atoms with Crippen molar-refractivity contribution in [1.82, 2.24) is 15.5 Å². The summed E-state index contributed by atoms with van der Waals surface area (Å²) in [4.78, 5) is 0. The van der Waals surface area contributed by atoms with Gasteiger partial charge in [-0.15, -0.1) is 10.2 Å². The molecule has 16 heavy (non-hydrogen) atoms. The quantitative estimate of drug-likeness (QED) is 0.715. The molecule has 92 valence electrons. The molecule has 1 aromatic heterocycles. The second-order valence-electron chi connectivity index (χ2n) is 4.00. The number of methoxy groups -OCH3 is 1. The van der Waals surface area contributed by atoms with E-state index in [1.807, 2.05) is 20.9 Å². The molecule has 0 saturated carbocycles. The van der Waals surface area contributed by atoms with Crippen LogP contribution in [-0.2, 0) is 16.8 Å². The Kier molecular flexibility index (Phi) is 4.89. The number of rotatable bonds is 7. The maximum absolute atomic E-state index is 5.60. The van der Waals surface area contributed by atoms with Crippen LogP contribution in [-0.4, -0.2) is 30.9 Å². The molecule has 0 amide bonds. The lowest BCUT2D eigenvalue weighted by molar-refractivity contribution is -0.0242. The smallest absolute Gasteiger partial charge is 0.247 e. The van der Waals surface area contributed by atoms with E-state index in [1.165, 1.54) is 0 Å². The summed E-state index contributed by atoms with van der Waals surface area (Å²) in [5.41, 5.74) is -0.464. The Morgan fingerprint density at radius 3 is 2.75 bits per heavy atom. The van der Waals surface area contributed by atoms with Crippen LogP contribution in [0.2, 0.25) is 0 Å². The van der Waals surface area contributed by atoms with Crippen molar-refractivity contribution in [3.8, 4) is 0 Å². The fourth-order valence-corrected chi connectivity index (χ4v) is 1.37. The highest BCUT2D eigenvalue weighted by molar-refractivity contribution is 4.95. The van der Waals surface area contributed by atoms with E-state index in [2.05, 4.69) is 15.5 Å². The Morgan fingerprint density at radius 2 is 2.19 bits per heavy atom. The summed E-state index contributed by atoms with van der Waals surface area (Å²) in [6, 6.07) is 0. The van der Waals surface area contributed by atoms with Crippen LogP contribution < -0.4 is 5.32 Å². The van der Waals surface area contributed by atoms with Gasteiger partial charge >= 0.3 is 0 Å². The molecule has 1 rings (SSSR count). The van der Waals surface area contributed by atoms with E-state index in [0.29, 0.717) is 11.8 Å². The molecule has 1 N–H and O–H groups in total. The number of hydrogen-bond donors (Lipinski definition) is 1. The highest BCUT2D eigenvalue weighted by Gasteiger charge is 2.30. The number of aryl methyl sites for hydroxylation is 1. The van der Waals surface area contributed by atoms with E-state index >= 15 is 0 Å². The molecule has 1 atom stereocenters. The van der Waals surface area contributed by atoms with Gasteiger partial charge < -0.3 is 14.5 Å². The number of nitrogens with one attached hydrogen (secondary N) is 1. The highest BCUT2D eigenvalue weighted by Crippen LogP contribution is 2.26. The van der Waals surface area contributed by atoms with Crippen LogP contribution in [0.25, 0.3) is 0 Å². The Hall–Kier alpha value is -0.940. The van der Waals surface area contributed by atoms with Crippen molar-refractivity contribution in [2.24, 2.45) is 0 Å². The fourth-order valence-electron chi connectivity index (χ4n) is 1.37. The Labute approximate surface area is 96.6 Å². The average Bonchev–Trinajstić information content (AvgIpc) is 2.78. The number of ether oxygens (including phenoxy) is 1. The molecule has 0 spiro atoms. The Balaban J connectivity index is 2.63. The lowest BCUT2D eigenvalue weighted by Gasteiger charge is -2.21. The average molecular weight is 227 g/mol. The van der Waals surface area contributed by atoms with Gasteiger partial charge in [-0.05, 0) is 33.4 Å². The van der Waals surface area contributed by atoms with Gasteiger partial charge in [-0.3, -0.25) is 0 Å². The molecule has 0 radical (unpaired) electrons. The summed E-state index contributed by atoms with van der Waals surface area (Å²) in [5, 5.41) is 11.2. The van der Waals surface area contributed by atoms with Gasteiger partial charge in [0.15, 0.2) is 0 Å². The molecule has 0 fully saturated rings. The first-order valence-corrected chi connectivity index (χ1v) is 5.69. The molecule has 0 aliphatic carbocycles. The highest BCUT2D eigenvalue weighted by atomic mass is 16.5. The van der Waals surface area contributed by atoms with E-state index in [9.17, 15) is 0 Å². The fraction of sp³-hybridized carbons (Fsp3) is 0.818. The monoisotopic (exact) mass is 227 g/mol. The van der Waals surface area contributed by atoms with Crippen LogP contribution >= 0.6 is 0 Å². The van der Waals surface area contributed by atoms with Crippen LogP contribution in [0.5, 0.6) is 0 Å². The van der Waals surface area contributed by atoms with Gasteiger partial charge in [0.05, 0.1) is 0 Å². The Bertz CT molecular complexity index is 308. The summed E-state index contributed by atoms with van der Waals surface area (Å²) in [6.07, 6.45) is 2.60. The maximum atomic E-state index is 5.60. The van der Waals surface area contributed by atoms with Gasteiger partial charge in [0, 0.05) is 13.5 Å². The van der Waals surface area contributed by atoms with E-state index in [0.717, 1.165) is 25.8 Å². The first-order chi connectivity index (χ1) is 7.66. The molecule has 0 bridgehead atoms. The van der Waals surface area contributed by atoms with Gasteiger partial charge in [-0.25, -0.2) is 0 Å². The lowest BCUT2D eigenvalue weighted by Crippen LogP contribution is -2.23. The third-order valence-electron chi connectivity index (χ3n) is 2.86. The van der Waals surface area contributed by atoms with Crippen LogP contribution in [0.4, 0.5) is 0 Å². The van der Waals surface area contributed by atoms with Crippen molar-refractivity contribution in [2.45, 2.75) is 38.7 Å². The van der Waals surface area contributed by atoms with E-state index in [4.69, 9.17) is 9.15 Å². The summed E-state index contributed by atoms with van der Waals surface area (Å²) in [5.74, 6) is 1.25. The largest absolute Gasteiger partial charge is 0.422 e. The van der Waals surface area contributed by atoms with Crippen molar-refractivity contribution in [1.29, 1.82) is 0 Å². The molecule has 1 aromatic rings. The SMILES string of the molecule is CCC(C)(OC)c1nnc(CCCNC)o1. The van der Waals surface area contributed by atoms with Gasteiger partial charge in [0.1, 0.15) is 5.60 Å². The summed E-state index contributed by atoms with van der Waals surface area (Å²) in [7, 11) is 3.59. The van der Waals surface area contributed by atoms with Gasteiger partial charge in [-0.1, -0.05) is 6.92 Å². The zero-order valence-corrected chi connectivity index (χ0v) is 10.5. The van der Waals surface area contributed by atoms with Gasteiger partial charge in [0.2, 0.25) is 11.8 Å². The molecule has 0 saturated heterocycles. The van der Waals surface area contributed by atoms with Crippen LogP contribution in [0.1, 0.15) is 38.5 Å². The molecule has 5 nitrogen and oxygen atoms in total. The second-order valence-corrected chi connectivity index (χ2v) is 4.00. The minimum Gasteiger partial charge on any atom is -0.422 e. The zero-order valence-electron chi connectivity index (χ0n) is 10.5. The first kappa shape index (κ1) is 13.1. The maximum Gasteiger partial charge on any atom is 0.247 e. The molecule has 5 heteroatoms.